The average molecular weight is 181 g/mol. The minimum Gasteiger partial charge on any atom is -0.315 e. The molecule has 3 nitrogen and oxygen atoms in total. The van der Waals surface area contributed by atoms with Gasteiger partial charge >= 0.3 is 0 Å². The molecule has 1 heterocycles. The first-order valence-electron chi connectivity index (χ1n) is 4.88. The molecule has 1 aromatic heterocycles. The second-order valence-electron chi connectivity index (χ2n) is 3.48. The van der Waals surface area contributed by atoms with Crippen LogP contribution in [0.3, 0.4) is 0 Å². The Kier molecular flexibility index (Phi) is 3.48. The lowest BCUT2D eigenvalue weighted by molar-refractivity contribution is 0.355. The van der Waals surface area contributed by atoms with Crippen LogP contribution in [0.4, 0.5) is 0 Å². The number of hydrogen-bond acceptors (Lipinski definition) is 2. The minimum atomic E-state index is 0.420. The highest BCUT2D eigenvalue weighted by Crippen LogP contribution is 2.12. The van der Waals surface area contributed by atoms with Gasteiger partial charge in [-0.15, -0.1) is 0 Å². The van der Waals surface area contributed by atoms with E-state index in [-0.39, 0.29) is 0 Å². The first kappa shape index (κ1) is 10.3. The van der Waals surface area contributed by atoms with Crippen molar-refractivity contribution in [1.29, 1.82) is 0 Å². The number of likely N-dealkylation sites (N-methyl/N-ethyl adjacent to an activating group) is 1. The lowest BCUT2D eigenvalue weighted by Crippen LogP contribution is -2.33. The summed E-state index contributed by atoms with van der Waals surface area (Å²) in [5, 5.41) is 7.70. The third-order valence-corrected chi connectivity index (χ3v) is 2.55. The molecule has 0 aliphatic rings. The fourth-order valence-corrected chi connectivity index (χ4v) is 1.63. The minimum absolute atomic E-state index is 0.420. The van der Waals surface area contributed by atoms with Crippen LogP contribution in [0.5, 0.6) is 0 Å². The Balaban J connectivity index is 2.71. The molecule has 13 heavy (non-hydrogen) atoms. The van der Waals surface area contributed by atoms with Crippen molar-refractivity contribution in [3.63, 3.8) is 0 Å². The number of aryl methyl sites for hydroxylation is 1. The van der Waals surface area contributed by atoms with Gasteiger partial charge in [0.15, 0.2) is 0 Å². The van der Waals surface area contributed by atoms with Crippen molar-refractivity contribution in [1.82, 2.24) is 15.1 Å². The summed E-state index contributed by atoms with van der Waals surface area (Å²) >= 11 is 0. The quantitative estimate of drug-likeness (QED) is 0.767. The van der Waals surface area contributed by atoms with Gasteiger partial charge in [-0.3, -0.25) is 4.68 Å². The molecule has 1 rings (SSSR count). The molecule has 0 aliphatic heterocycles. The standard InChI is InChI=1S/C10H19N3/c1-5-10(11-4)9(3)13-7-6-8(2)12-13/h6-7,9-11H,5H2,1-4H3. The molecule has 0 saturated heterocycles. The van der Waals surface area contributed by atoms with Crippen molar-refractivity contribution < 1.29 is 0 Å². The van der Waals surface area contributed by atoms with E-state index < -0.39 is 0 Å². The van der Waals surface area contributed by atoms with Gasteiger partial charge in [0.1, 0.15) is 0 Å². The van der Waals surface area contributed by atoms with Crippen LogP contribution in [0, 0.1) is 6.92 Å². The van der Waals surface area contributed by atoms with Crippen molar-refractivity contribution in [2.75, 3.05) is 7.05 Å². The molecule has 0 spiro atoms. The van der Waals surface area contributed by atoms with Crippen LogP contribution in [0.2, 0.25) is 0 Å². The van der Waals surface area contributed by atoms with E-state index in [0.717, 1.165) is 12.1 Å². The second kappa shape index (κ2) is 4.42. The molecule has 0 amide bonds. The monoisotopic (exact) mass is 181 g/mol. The molecule has 0 fully saturated rings. The average Bonchev–Trinajstić information content (AvgIpc) is 2.54. The molecular weight excluding hydrogens is 162 g/mol. The summed E-state index contributed by atoms with van der Waals surface area (Å²) in [4.78, 5) is 0. The van der Waals surface area contributed by atoms with Crippen LogP contribution < -0.4 is 5.32 Å². The van der Waals surface area contributed by atoms with Gasteiger partial charge in [0.05, 0.1) is 11.7 Å². The third kappa shape index (κ3) is 2.31. The van der Waals surface area contributed by atoms with Crippen LogP contribution in [0.25, 0.3) is 0 Å². The Bertz CT molecular complexity index is 250. The van der Waals surface area contributed by atoms with Crippen molar-refractivity contribution in [2.24, 2.45) is 0 Å². The van der Waals surface area contributed by atoms with E-state index in [1.54, 1.807) is 0 Å². The van der Waals surface area contributed by atoms with E-state index in [0.29, 0.717) is 12.1 Å². The van der Waals surface area contributed by atoms with Crippen LogP contribution in [-0.4, -0.2) is 22.9 Å². The largest absolute Gasteiger partial charge is 0.315 e. The first-order chi connectivity index (χ1) is 6.19. The van der Waals surface area contributed by atoms with E-state index in [1.807, 2.05) is 30.9 Å². The van der Waals surface area contributed by atoms with Crippen molar-refractivity contribution in [3.8, 4) is 0 Å². The highest BCUT2D eigenvalue weighted by molar-refractivity contribution is 4.96. The summed E-state index contributed by atoms with van der Waals surface area (Å²) in [6.45, 7) is 6.40. The summed E-state index contributed by atoms with van der Waals surface area (Å²) in [6, 6.07) is 2.96. The van der Waals surface area contributed by atoms with Gasteiger partial charge in [-0.05, 0) is 33.4 Å². The number of hydrogen-bond donors (Lipinski definition) is 1. The highest BCUT2D eigenvalue weighted by Gasteiger charge is 2.14. The molecule has 2 unspecified atom stereocenters. The van der Waals surface area contributed by atoms with Gasteiger partial charge in [0.25, 0.3) is 0 Å². The Labute approximate surface area is 80.1 Å². The molecule has 74 valence electrons. The van der Waals surface area contributed by atoms with E-state index in [2.05, 4.69) is 24.3 Å². The Hall–Kier alpha value is -0.830. The SMILES string of the molecule is CCC(NC)C(C)n1ccc(C)n1. The summed E-state index contributed by atoms with van der Waals surface area (Å²) in [5.74, 6) is 0. The lowest BCUT2D eigenvalue weighted by atomic mass is 10.1. The molecule has 1 N–H and O–H groups in total. The van der Waals surface area contributed by atoms with Gasteiger partial charge in [0.2, 0.25) is 0 Å². The predicted molar refractivity (Wildman–Crippen MR) is 54.8 cm³/mol. The smallest absolute Gasteiger partial charge is 0.0643 e. The molecule has 0 bridgehead atoms. The number of rotatable bonds is 4. The van der Waals surface area contributed by atoms with Gasteiger partial charge in [-0.1, -0.05) is 6.92 Å². The maximum absolute atomic E-state index is 4.40. The Morgan fingerprint density at radius 2 is 2.31 bits per heavy atom. The zero-order valence-electron chi connectivity index (χ0n) is 8.91. The molecule has 2 atom stereocenters. The summed E-state index contributed by atoms with van der Waals surface area (Å²) < 4.78 is 2.03. The van der Waals surface area contributed by atoms with Gasteiger partial charge in [-0.2, -0.15) is 5.10 Å². The van der Waals surface area contributed by atoms with E-state index in [4.69, 9.17) is 0 Å². The number of nitrogens with zero attached hydrogens (tertiary/aromatic N) is 2. The van der Waals surface area contributed by atoms with Crippen molar-refractivity contribution >= 4 is 0 Å². The van der Waals surface area contributed by atoms with E-state index in [9.17, 15) is 0 Å². The maximum atomic E-state index is 4.40. The topological polar surface area (TPSA) is 29.9 Å². The molecule has 3 heteroatoms. The lowest BCUT2D eigenvalue weighted by Gasteiger charge is -2.22. The summed E-state index contributed by atoms with van der Waals surface area (Å²) in [7, 11) is 2.00. The zero-order valence-corrected chi connectivity index (χ0v) is 8.91. The van der Waals surface area contributed by atoms with Crippen molar-refractivity contribution in [3.05, 3.63) is 18.0 Å². The molecular formula is C10H19N3. The van der Waals surface area contributed by atoms with Gasteiger partial charge in [-0.25, -0.2) is 0 Å². The fraction of sp³-hybridized carbons (Fsp3) is 0.700. The normalized spacial score (nSPS) is 15.7. The Morgan fingerprint density at radius 1 is 1.62 bits per heavy atom. The number of nitrogens with one attached hydrogen (secondary N) is 1. The van der Waals surface area contributed by atoms with Crippen LogP contribution >= 0.6 is 0 Å². The third-order valence-electron chi connectivity index (χ3n) is 2.55. The van der Waals surface area contributed by atoms with Crippen LogP contribution in [0.15, 0.2) is 12.3 Å². The summed E-state index contributed by atoms with van der Waals surface area (Å²) in [6.07, 6.45) is 3.16. The highest BCUT2D eigenvalue weighted by atomic mass is 15.3. The maximum Gasteiger partial charge on any atom is 0.0643 e. The van der Waals surface area contributed by atoms with Crippen molar-refractivity contribution in [2.45, 2.75) is 39.3 Å². The van der Waals surface area contributed by atoms with E-state index in [1.165, 1.54) is 0 Å². The first-order valence-corrected chi connectivity index (χ1v) is 4.88. The molecule has 1 aromatic rings. The molecule has 0 aromatic carbocycles. The molecule has 0 saturated carbocycles. The van der Waals surface area contributed by atoms with Gasteiger partial charge < -0.3 is 5.32 Å². The zero-order chi connectivity index (χ0) is 9.84. The summed E-state index contributed by atoms with van der Waals surface area (Å²) in [5.41, 5.74) is 1.08. The predicted octanol–water partition coefficient (Wildman–Crippen LogP) is 1.75. The fourth-order valence-electron chi connectivity index (χ4n) is 1.63. The van der Waals surface area contributed by atoms with Crippen LogP contribution in [-0.2, 0) is 0 Å². The number of aromatic nitrogens is 2. The van der Waals surface area contributed by atoms with E-state index >= 15 is 0 Å². The van der Waals surface area contributed by atoms with Gasteiger partial charge in [0, 0.05) is 12.2 Å². The second-order valence-corrected chi connectivity index (χ2v) is 3.48. The molecule has 0 aliphatic carbocycles. The Morgan fingerprint density at radius 3 is 2.69 bits per heavy atom. The van der Waals surface area contributed by atoms with Crippen LogP contribution in [0.1, 0.15) is 32.0 Å². The molecule has 0 radical (unpaired) electrons.